The number of carbonyl (C=O) groups excluding carboxylic acids is 2. The van der Waals surface area contributed by atoms with Crippen LogP contribution in [0.1, 0.15) is 19.8 Å². The molecule has 1 amide bonds. The molecule has 2 rings (SSSR count). The molecule has 1 heterocycles. The number of ether oxygens (including phenoxy) is 1. The number of hydrogen-bond donors (Lipinski definition) is 2. The zero-order valence-electron chi connectivity index (χ0n) is 13.3. The number of likely N-dealkylation sites (tertiary alicyclic amines) is 1. The Hall–Kier alpha value is -1.01. The van der Waals surface area contributed by atoms with Crippen molar-refractivity contribution >= 4 is 52.4 Å². The van der Waals surface area contributed by atoms with E-state index in [0.29, 0.717) is 33.9 Å². The predicted octanol–water partition coefficient (Wildman–Crippen LogP) is 2.44. The summed E-state index contributed by atoms with van der Waals surface area (Å²) in [6.45, 7) is 3.84. The Bertz CT molecular complexity index is 602. The number of benzene rings is 1. The SMILES string of the molecule is CCOC(=O)[C@@H]1CCC[NH+](CC(=O)Nc2c(Cl)cc(Cl)cc2Cl)C1. The highest BCUT2D eigenvalue weighted by Gasteiger charge is 2.30. The molecule has 5 nitrogen and oxygen atoms in total. The molecule has 1 saturated heterocycles. The maximum atomic E-state index is 12.3. The van der Waals surface area contributed by atoms with Crippen LogP contribution in [0.3, 0.4) is 0 Å². The van der Waals surface area contributed by atoms with E-state index in [2.05, 4.69) is 5.32 Å². The molecule has 2 N–H and O–H groups in total. The van der Waals surface area contributed by atoms with Gasteiger partial charge in [-0.2, -0.15) is 0 Å². The first-order chi connectivity index (χ1) is 11.4. The molecule has 1 aromatic carbocycles. The van der Waals surface area contributed by atoms with Crippen molar-refractivity contribution in [2.24, 2.45) is 5.92 Å². The van der Waals surface area contributed by atoms with E-state index in [9.17, 15) is 9.59 Å². The summed E-state index contributed by atoms with van der Waals surface area (Å²) in [4.78, 5) is 25.2. The van der Waals surface area contributed by atoms with Crippen molar-refractivity contribution in [2.75, 3.05) is 31.6 Å². The van der Waals surface area contributed by atoms with Gasteiger partial charge < -0.3 is 15.0 Å². The van der Waals surface area contributed by atoms with Gasteiger partial charge in [0, 0.05) is 5.02 Å². The van der Waals surface area contributed by atoms with Gasteiger partial charge in [0.05, 0.1) is 35.4 Å². The first-order valence-electron chi connectivity index (χ1n) is 7.85. The topological polar surface area (TPSA) is 59.8 Å². The smallest absolute Gasteiger partial charge is 0.314 e. The van der Waals surface area contributed by atoms with E-state index in [1.807, 2.05) is 0 Å². The fourth-order valence-electron chi connectivity index (χ4n) is 2.85. The number of carbonyl (C=O) groups is 2. The number of piperidine rings is 1. The lowest BCUT2D eigenvalue weighted by atomic mass is 9.98. The van der Waals surface area contributed by atoms with Crippen LogP contribution in [-0.2, 0) is 14.3 Å². The summed E-state index contributed by atoms with van der Waals surface area (Å²) >= 11 is 18.0. The number of halogens is 3. The second-order valence-electron chi connectivity index (χ2n) is 5.76. The van der Waals surface area contributed by atoms with Crippen molar-refractivity contribution in [3.63, 3.8) is 0 Å². The van der Waals surface area contributed by atoms with Crippen LogP contribution in [0.4, 0.5) is 5.69 Å². The molecular weight excluding hydrogens is 375 g/mol. The number of nitrogens with one attached hydrogen (secondary N) is 2. The molecule has 1 fully saturated rings. The molecule has 0 bridgehead atoms. The average molecular weight is 395 g/mol. The van der Waals surface area contributed by atoms with E-state index < -0.39 is 0 Å². The van der Waals surface area contributed by atoms with Crippen LogP contribution in [0.15, 0.2) is 12.1 Å². The third-order valence-electron chi connectivity index (χ3n) is 3.92. The number of rotatable bonds is 5. The van der Waals surface area contributed by atoms with Gasteiger partial charge in [-0.3, -0.25) is 9.59 Å². The fourth-order valence-corrected chi connectivity index (χ4v) is 3.76. The van der Waals surface area contributed by atoms with Gasteiger partial charge in [0.25, 0.3) is 5.91 Å². The van der Waals surface area contributed by atoms with E-state index in [0.717, 1.165) is 24.3 Å². The molecule has 8 heteroatoms. The second-order valence-corrected chi connectivity index (χ2v) is 7.02. The quantitative estimate of drug-likeness (QED) is 0.754. The Balaban J connectivity index is 1.94. The van der Waals surface area contributed by atoms with Crippen molar-refractivity contribution in [1.29, 1.82) is 0 Å². The summed E-state index contributed by atoms with van der Waals surface area (Å²) in [6, 6.07) is 3.05. The Kier molecular flexibility index (Phi) is 7.16. The summed E-state index contributed by atoms with van der Waals surface area (Å²) in [5.41, 5.74) is 0.353. The lowest BCUT2D eigenvalue weighted by Gasteiger charge is -2.28. The molecule has 1 aliphatic rings. The summed E-state index contributed by atoms with van der Waals surface area (Å²) in [5, 5.41) is 3.71. The van der Waals surface area contributed by atoms with Gasteiger partial charge in [0.2, 0.25) is 0 Å². The minimum atomic E-state index is -0.208. The number of hydrogen-bond acceptors (Lipinski definition) is 3. The van der Waals surface area contributed by atoms with Gasteiger partial charge >= 0.3 is 5.97 Å². The van der Waals surface area contributed by atoms with Gasteiger partial charge in [-0.25, -0.2) is 0 Å². The highest BCUT2D eigenvalue weighted by molar-refractivity contribution is 6.42. The van der Waals surface area contributed by atoms with E-state index in [-0.39, 0.29) is 24.3 Å². The Morgan fingerprint density at radius 3 is 2.58 bits per heavy atom. The predicted molar refractivity (Wildman–Crippen MR) is 95.0 cm³/mol. The van der Waals surface area contributed by atoms with Gasteiger partial charge in [-0.15, -0.1) is 0 Å². The fraction of sp³-hybridized carbons (Fsp3) is 0.500. The van der Waals surface area contributed by atoms with Crippen LogP contribution < -0.4 is 10.2 Å². The number of esters is 1. The van der Waals surface area contributed by atoms with Crippen molar-refractivity contribution in [3.05, 3.63) is 27.2 Å². The molecule has 24 heavy (non-hydrogen) atoms. The maximum Gasteiger partial charge on any atom is 0.314 e. The number of anilines is 1. The highest BCUT2D eigenvalue weighted by Crippen LogP contribution is 2.33. The third-order valence-corrected chi connectivity index (χ3v) is 4.73. The normalized spacial score (nSPS) is 20.5. The van der Waals surface area contributed by atoms with Crippen molar-refractivity contribution < 1.29 is 19.2 Å². The lowest BCUT2D eigenvalue weighted by molar-refractivity contribution is -0.899. The van der Waals surface area contributed by atoms with E-state index in [1.165, 1.54) is 12.1 Å². The van der Waals surface area contributed by atoms with Crippen molar-refractivity contribution in [3.8, 4) is 0 Å². The Labute approximate surface area is 156 Å². The summed E-state index contributed by atoms with van der Waals surface area (Å²) in [7, 11) is 0. The number of quaternary nitrogens is 1. The second kappa shape index (κ2) is 8.90. The summed E-state index contributed by atoms with van der Waals surface area (Å²) in [6.07, 6.45) is 1.69. The molecule has 0 aliphatic carbocycles. The molecule has 0 radical (unpaired) electrons. The van der Waals surface area contributed by atoms with Crippen LogP contribution in [0.2, 0.25) is 15.1 Å². The lowest BCUT2D eigenvalue weighted by Crippen LogP contribution is -3.14. The van der Waals surface area contributed by atoms with Crippen LogP contribution >= 0.6 is 34.8 Å². The van der Waals surface area contributed by atoms with Gasteiger partial charge in [-0.05, 0) is 31.9 Å². The Morgan fingerprint density at radius 2 is 1.96 bits per heavy atom. The molecule has 1 aliphatic heterocycles. The van der Waals surface area contributed by atoms with E-state index >= 15 is 0 Å². The average Bonchev–Trinajstić information content (AvgIpc) is 2.51. The van der Waals surface area contributed by atoms with Gasteiger partial charge in [0.15, 0.2) is 6.54 Å². The van der Waals surface area contributed by atoms with Crippen molar-refractivity contribution in [1.82, 2.24) is 0 Å². The summed E-state index contributed by atoms with van der Waals surface area (Å²) < 4.78 is 5.07. The molecule has 0 aromatic heterocycles. The largest absolute Gasteiger partial charge is 0.466 e. The molecule has 0 saturated carbocycles. The van der Waals surface area contributed by atoms with Gasteiger partial charge in [0.1, 0.15) is 5.92 Å². The minimum Gasteiger partial charge on any atom is -0.466 e. The zero-order valence-corrected chi connectivity index (χ0v) is 15.6. The molecule has 1 unspecified atom stereocenters. The maximum absolute atomic E-state index is 12.3. The highest BCUT2D eigenvalue weighted by atomic mass is 35.5. The molecule has 0 spiro atoms. The number of amides is 1. The first-order valence-corrected chi connectivity index (χ1v) is 8.98. The van der Waals surface area contributed by atoms with E-state index in [1.54, 1.807) is 6.92 Å². The third kappa shape index (κ3) is 5.24. The minimum absolute atomic E-state index is 0.149. The standard InChI is InChI=1S/C16H19Cl3N2O3/c1-2-24-16(23)10-4-3-5-21(8-10)9-14(22)20-15-12(18)6-11(17)7-13(15)19/h6-7,10H,2-5,8-9H2,1H3,(H,20,22)/p+1/t10-/m1/s1. The zero-order chi connectivity index (χ0) is 17.7. The summed E-state index contributed by atoms with van der Waals surface area (Å²) in [5.74, 6) is -0.538. The molecule has 2 atom stereocenters. The molecular formula is C16H20Cl3N2O3+. The Morgan fingerprint density at radius 1 is 1.29 bits per heavy atom. The molecule has 1 aromatic rings. The van der Waals surface area contributed by atoms with Crippen LogP contribution in [0.5, 0.6) is 0 Å². The first kappa shape index (κ1) is 19.3. The van der Waals surface area contributed by atoms with Crippen LogP contribution in [0, 0.1) is 5.92 Å². The van der Waals surface area contributed by atoms with Crippen LogP contribution in [-0.4, -0.2) is 38.1 Å². The monoisotopic (exact) mass is 393 g/mol. The van der Waals surface area contributed by atoms with Crippen molar-refractivity contribution in [2.45, 2.75) is 19.8 Å². The van der Waals surface area contributed by atoms with Crippen LogP contribution in [0.25, 0.3) is 0 Å². The van der Waals surface area contributed by atoms with E-state index in [4.69, 9.17) is 39.5 Å². The van der Waals surface area contributed by atoms with Gasteiger partial charge in [-0.1, -0.05) is 34.8 Å². The molecule has 132 valence electrons.